The van der Waals surface area contributed by atoms with Crippen LogP contribution in [0.5, 0.6) is 0 Å². The Morgan fingerprint density at radius 2 is 2.10 bits per heavy atom. The zero-order chi connectivity index (χ0) is 14.5. The van der Waals surface area contributed by atoms with Gasteiger partial charge >= 0.3 is 0 Å². The van der Waals surface area contributed by atoms with Crippen molar-refractivity contribution in [2.24, 2.45) is 16.8 Å². The van der Waals surface area contributed by atoms with Crippen LogP contribution in [0.2, 0.25) is 0 Å². The fourth-order valence-corrected chi connectivity index (χ4v) is 2.95. The lowest BCUT2D eigenvalue weighted by Gasteiger charge is -2.35. The second kappa shape index (κ2) is 6.59. The summed E-state index contributed by atoms with van der Waals surface area (Å²) in [4.78, 5) is 6.54. The van der Waals surface area contributed by atoms with E-state index >= 15 is 0 Å². The summed E-state index contributed by atoms with van der Waals surface area (Å²) in [6.07, 6.45) is 8.22. The van der Waals surface area contributed by atoms with Crippen molar-refractivity contribution in [2.45, 2.75) is 45.1 Å². The van der Waals surface area contributed by atoms with Crippen molar-refractivity contribution >= 4 is 11.5 Å². The van der Waals surface area contributed by atoms with E-state index in [9.17, 15) is 0 Å². The maximum atomic E-state index is 8.63. The van der Waals surface area contributed by atoms with Crippen molar-refractivity contribution in [1.29, 1.82) is 0 Å². The first-order valence-corrected chi connectivity index (χ1v) is 7.32. The first-order valence-electron chi connectivity index (χ1n) is 7.32. The largest absolute Gasteiger partial charge is 0.409 e. The minimum Gasteiger partial charge on any atom is -0.409 e. The number of pyridine rings is 1. The first kappa shape index (κ1) is 14.6. The monoisotopic (exact) mass is 276 g/mol. The molecule has 110 valence electrons. The number of anilines is 1. The van der Waals surface area contributed by atoms with E-state index in [0.29, 0.717) is 11.7 Å². The van der Waals surface area contributed by atoms with Crippen LogP contribution in [0.15, 0.2) is 23.5 Å². The number of nitrogens with two attached hydrogens (primary N) is 1. The molecular weight excluding hydrogens is 252 g/mol. The van der Waals surface area contributed by atoms with Gasteiger partial charge in [-0.1, -0.05) is 18.5 Å². The average molecular weight is 276 g/mol. The van der Waals surface area contributed by atoms with Gasteiger partial charge in [-0.15, -0.1) is 0 Å². The van der Waals surface area contributed by atoms with Crippen molar-refractivity contribution in [2.75, 3.05) is 11.9 Å². The summed E-state index contributed by atoms with van der Waals surface area (Å²) in [5.41, 5.74) is 7.10. The standard InChI is InChI=1S/C15H24N4O/c1-3-11-4-6-12(7-5-11)19(2)13-8-9-14(17-10-13)15(16)18-20/h8-12,20H,3-7H2,1-2H3,(H2,16,18). The normalized spacial score (nSPS) is 23.6. The minimum absolute atomic E-state index is 0.0441. The van der Waals surface area contributed by atoms with Gasteiger partial charge in [0.2, 0.25) is 0 Å². The Balaban J connectivity index is 2.01. The SMILES string of the molecule is CCC1CCC(N(C)c2ccc(/C(N)=N/O)nc2)CC1. The number of amidine groups is 1. The number of hydrogen-bond acceptors (Lipinski definition) is 4. The Bertz CT molecular complexity index is 449. The molecule has 0 amide bonds. The minimum atomic E-state index is 0.0441. The quantitative estimate of drug-likeness (QED) is 0.383. The lowest BCUT2D eigenvalue weighted by molar-refractivity contribution is 0.313. The smallest absolute Gasteiger partial charge is 0.188 e. The predicted octanol–water partition coefficient (Wildman–Crippen LogP) is 2.58. The summed E-state index contributed by atoms with van der Waals surface area (Å²) in [5, 5.41) is 11.6. The molecule has 1 aliphatic rings. The second-order valence-corrected chi connectivity index (χ2v) is 5.58. The number of aromatic nitrogens is 1. The van der Waals surface area contributed by atoms with Gasteiger partial charge < -0.3 is 15.8 Å². The molecule has 0 unspecified atom stereocenters. The maximum absolute atomic E-state index is 8.63. The van der Waals surface area contributed by atoms with Crippen molar-refractivity contribution in [3.63, 3.8) is 0 Å². The van der Waals surface area contributed by atoms with Crippen LogP contribution in [0.4, 0.5) is 5.69 Å². The molecule has 5 heteroatoms. The average Bonchev–Trinajstić information content (AvgIpc) is 2.53. The lowest BCUT2D eigenvalue weighted by atomic mass is 9.84. The predicted molar refractivity (Wildman–Crippen MR) is 81.2 cm³/mol. The van der Waals surface area contributed by atoms with Gasteiger partial charge in [-0.05, 0) is 43.7 Å². The molecule has 0 atom stereocenters. The molecule has 1 aromatic heterocycles. The molecule has 2 rings (SSSR count). The Hall–Kier alpha value is -1.78. The molecule has 0 spiro atoms. The molecule has 1 aromatic rings. The van der Waals surface area contributed by atoms with Gasteiger partial charge in [-0.25, -0.2) is 0 Å². The molecule has 0 saturated heterocycles. The van der Waals surface area contributed by atoms with Crippen molar-refractivity contribution in [3.05, 3.63) is 24.0 Å². The molecule has 1 heterocycles. The Labute approximate surface area is 120 Å². The summed E-state index contributed by atoms with van der Waals surface area (Å²) in [7, 11) is 2.12. The van der Waals surface area contributed by atoms with E-state index < -0.39 is 0 Å². The molecule has 1 aliphatic carbocycles. The van der Waals surface area contributed by atoms with E-state index in [0.717, 1.165) is 11.6 Å². The van der Waals surface area contributed by atoms with Gasteiger partial charge in [0, 0.05) is 13.1 Å². The van der Waals surface area contributed by atoms with Gasteiger partial charge in [-0.3, -0.25) is 4.98 Å². The molecule has 20 heavy (non-hydrogen) atoms. The molecule has 3 N–H and O–H groups in total. The maximum Gasteiger partial charge on any atom is 0.188 e. The van der Waals surface area contributed by atoms with Crippen molar-refractivity contribution < 1.29 is 5.21 Å². The van der Waals surface area contributed by atoms with Crippen LogP contribution in [0.3, 0.4) is 0 Å². The van der Waals surface area contributed by atoms with E-state index in [4.69, 9.17) is 10.9 Å². The fraction of sp³-hybridized carbons (Fsp3) is 0.600. The highest BCUT2D eigenvalue weighted by Gasteiger charge is 2.23. The van der Waals surface area contributed by atoms with E-state index in [-0.39, 0.29) is 5.84 Å². The lowest BCUT2D eigenvalue weighted by Crippen LogP contribution is -2.35. The third-order valence-corrected chi connectivity index (χ3v) is 4.47. The summed E-state index contributed by atoms with van der Waals surface area (Å²) in [5.74, 6) is 0.948. The number of rotatable bonds is 4. The molecule has 1 saturated carbocycles. The van der Waals surface area contributed by atoms with Crippen LogP contribution in [-0.4, -0.2) is 29.1 Å². The Morgan fingerprint density at radius 3 is 2.60 bits per heavy atom. The van der Waals surface area contributed by atoms with Crippen molar-refractivity contribution in [1.82, 2.24) is 4.98 Å². The molecule has 5 nitrogen and oxygen atoms in total. The molecular formula is C15H24N4O. The molecule has 0 aromatic carbocycles. The van der Waals surface area contributed by atoms with Crippen molar-refractivity contribution in [3.8, 4) is 0 Å². The number of nitrogens with zero attached hydrogens (tertiary/aromatic N) is 3. The van der Waals surface area contributed by atoms with E-state index in [1.165, 1.54) is 32.1 Å². The summed E-state index contributed by atoms with van der Waals surface area (Å²) in [6, 6.07) is 4.36. The van der Waals surface area contributed by atoms with E-state index in [1.54, 1.807) is 12.3 Å². The van der Waals surface area contributed by atoms with Crippen LogP contribution in [-0.2, 0) is 0 Å². The summed E-state index contributed by atoms with van der Waals surface area (Å²) in [6.45, 7) is 2.28. The van der Waals surface area contributed by atoms with E-state index in [2.05, 4.69) is 29.0 Å². The molecule has 0 bridgehead atoms. The first-order chi connectivity index (χ1) is 9.65. The van der Waals surface area contributed by atoms with Gasteiger partial charge in [0.15, 0.2) is 5.84 Å². The summed E-state index contributed by atoms with van der Waals surface area (Å²) >= 11 is 0. The Kier molecular flexibility index (Phi) is 4.82. The third-order valence-electron chi connectivity index (χ3n) is 4.47. The van der Waals surface area contributed by atoms with Gasteiger partial charge in [0.1, 0.15) is 5.69 Å². The summed E-state index contributed by atoms with van der Waals surface area (Å²) < 4.78 is 0. The molecule has 1 fully saturated rings. The van der Waals surface area contributed by atoms with Gasteiger partial charge in [-0.2, -0.15) is 0 Å². The van der Waals surface area contributed by atoms with Crippen LogP contribution in [0.1, 0.15) is 44.7 Å². The van der Waals surface area contributed by atoms with Crippen LogP contribution < -0.4 is 10.6 Å². The zero-order valence-corrected chi connectivity index (χ0v) is 12.3. The van der Waals surface area contributed by atoms with Crippen LogP contribution in [0, 0.1) is 5.92 Å². The van der Waals surface area contributed by atoms with Crippen LogP contribution >= 0.6 is 0 Å². The number of hydrogen-bond donors (Lipinski definition) is 2. The van der Waals surface area contributed by atoms with Crippen LogP contribution in [0.25, 0.3) is 0 Å². The van der Waals surface area contributed by atoms with Gasteiger partial charge in [0.25, 0.3) is 0 Å². The van der Waals surface area contributed by atoms with E-state index in [1.807, 2.05) is 6.07 Å². The highest BCUT2D eigenvalue weighted by molar-refractivity contribution is 5.95. The number of oxime groups is 1. The second-order valence-electron chi connectivity index (χ2n) is 5.58. The molecule has 0 radical (unpaired) electrons. The highest BCUT2D eigenvalue weighted by Crippen LogP contribution is 2.30. The fourth-order valence-electron chi connectivity index (χ4n) is 2.95. The highest BCUT2D eigenvalue weighted by atomic mass is 16.4. The van der Waals surface area contributed by atoms with Gasteiger partial charge in [0.05, 0.1) is 11.9 Å². The zero-order valence-electron chi connectivity index (χ0n) is 12.3. The third kappa shape index (κ3) is 3.21. The topological polar surface area (TPSA) is 74.7 Å². The Morgan fingerprint density at radius 1 is 1.40 bits per heavy atom. The molecule has 0 aliphatic heterocycles.